The van der Waals surface area contributed by atoms with Gasteiger partial charge in [0.1, 0.15) is 11.5 Å². The lowest BCUT2D eigenvalue weighted by Crippen LogP contribution is -2.18. The van der Waals surface area contributed by atoms with Crippen molar-refractivity contribution in [2.75, 3.05) is 19.5 Å². The van der Waals surface area contributed by atoms with E-state index in [-0.39, 0.29) is 12.3 Å². The van der Waals surface area contributed by atoms with Gasteiger partial charge >= 0.3 is 0 Å². The molecular weight excluding hydrogens is 406 g/mol. The summed E-state index contributed by atoms with van der Waals surface area (Å²) in [6.07, 6.45) is 0.148. The highest BCUT2D eigenvalue weighted by Gasteiger charge is 2.18. The number of hydrogen-bond acceptors (Lipinski definition) is 6. The van der Waals surface area contributed by atoms with Crippen molar-refractivity contribution < 1.29 is 14.3 Å². The van der Waals surface area contributed by atoms with E-state index in [1.54, 1.807) is 36.9 Å². The van der Waals surface area contributed by atoms with Gasteiger partial charge in [0.05, 0.1) is 26.3 Å². The summed E-state index contributed by atoms with van der Waals surface area (Å²) in [6.45, 7) is 5.83. The van der Waals surface area contributed by atoms with E-state index in [9.17, 15) is 4.79 Å². The summed E-state index contributed by atoms with van der Waals surface area (Å²) < 4.78 is 12.3. The molecule has 0 radical (unpaired) electrons. The number of aryl methyl sites for hydroxylation is 3. The quantitative estimate of drug-likeness (QED) is 0.498. The lowest BCUT2D eigenvalue weighted by atomic mass is 10.1. The zero-order valence-electron chi connectivity index (χ0n) is 18.8. The molecule has 2 aromatic carbocycles. The van der Waals surface area contributed by atoms with Crippen molar-refractivity contribution in [2.45, 2.75) is 27.2 Å². The van der Waals surface area contributed by atoms with E-state index in [1.807, 2.05) is 45.0 Å². The van der Waals surface area contributed by atoms with E-state index in [1.165, 1.54) is 0 Å². The van der Waals surface area contributed by atoms with E-state index in [0.29, 0.717) is 28.8 Å². The summed E-state index contributed by atoms with van der Waals surface area (Å²) in [4.78, 5) is 22.0. The van der Waals surface area contributed by atoms with Gasteiger partial charge in [-0.1, -0.05) is 24.3 Å². The molecule has 164 valence electrons. The second-order valence-corrected chi connectivity index (χ2v) is 7.51. The highest BCUT2D eigenvalue weighted by atomic mass is 16.5. The first-order valence-electron chi connectivity index (χ1n) is 10.2. The molecule has 0 aliphatic heterocycles. The van der Waals surface area contributed by atoms with Gasteiger partial charge in [-0.05, 0) is 38.5 Å². The molecule has 2 heterocycles. The van der Waals surface area contributed by atoms with Crippen molar-refractivity contribution in [1.29, 1.82) is 0 Å². The Kier molecular flexibility index (Phi) is 5.77. The standard InChI is InChI=1S/C24H25N5O3/c1-14-8-6-7-9-18(14)23-27-24-25-15(2)19(16(3)29(24)28-23)13-22(30)26-20-11-10-17(31-4)12-21(20)32-5/h6-12H,13H2,1-5H3,(H,26,30). The third kappa shape index (κ3) is 3.99. The summed E-state index contributed by atoms with van der Waals surface area (Å²) in [6, 6.07) is 13.2. The molecule has 32 heavy (non-hydrogen) atoms. The van der Waals surface area contributed by atoms with Crippen LogP contribution < -0.4 is 14.8 Å². The van der Waals surface area contributed by atoms with Gasteiger partial charge in [-0.25, -0.2) is 9.50 Å². The van der Waals surface area contributed by atoms with Crippen molar-refractivity contribution >= 4 is 17.4 Å². The minimum Gasteiger partial charge on any atom is -0.497 e. The van der Waals surface area contributed by atoms with E-state index in [4.69, 9.17) is 9.47 Å². The van der Waals surface area contributed by atoms with Crippen LogP contribution in [0.4, 0.5) is 5.69 Å². The fourth-order valence-corrected chi connectivity index (χ4v) is 3.66. The van der Waals surface area contributed by atoms with Crippen LogP contribution in [-0.4, -0.2) is 39.7 Å². The Hall–Kier alpha value is -3.94. The Balaban J connectivity index is 1.63. The molecule has 8 nitrogen and oxygen atoms in total. The molecule has 0 saturated heterocycles. The van der Waals surface area contributed by atoms with Gasteiger partial charge in [0.15, 0.2) is 5.82 Å². The van der Waals surface area contributed by atoms with Crippen LogP contribution in [-0.2, 0) is 11.2 Å². The molecule has 0 atom stereocenters. The molecule has 1 amide bonds. The SMILES string of the molecule is COc1ccc(NC(=O)Cc2c(C)nc3nc(-c4ccccc4C)nn3c2C)c(OC)c1. The number of benzene rings is 2. The third-order valence-electron chi connectivity index (χ3n) is 5.46. The number of hydrogen-bond donors (Lipinski definition) is 1. The Morgan fingerprint density at radius 2 is 1.81 bits per heavy atom. The Bertz CT molecular complexity index is 1310. The van der Waals surface area contributed by atoms with Crippen LogP contribution in [0.25, 0.3) is 17.2 Å². The summed E-state index contributed by atoms with van der Waals surface area (Å²) in [5, 5.41) is 7.57. The van der Waals surface area contributed by atoms with Crippen molar-refractivity contribution in [2.24, 2.45) is 0 Å². The van der Waals surface area contributed by atoms with Crippen molar-refractivity contribution in [3.63, 3.8) is 0 Å². The minimum absolute atomic E-state index is 0.148. The molecule has 0 aliphatic carbocycles. The molecular formula is C24H25N5O3. The molecule has 8 heteroatoms. The van der Waals surface area contributed by atoms with Crippen LogP contribution in [0.3, 0.4) is 0 Å². The lowest BCUT2D eigenvalue weighted by molar-refractivity contribution is -0.115. The number of aromatic nitrogens is 4. The van der Waals surface area contributed by atoms with Gasteiger partial charge in [-0.3, -0.25) is 4.79 Å². The largest absolute Gasteiger partial charge is 0.497 e. The first-order chi connectivity index (χ1) is 15.4. The number of ether oxygens (including phenoxy) is 2. The second-order valence-electron chi connectivity index (χ2n) is 7.51. The van der Waals surface area contributed by atoms with Gasteiger partial charge in [0, 0.05) is 28.6 Å². The molecule has 0 spiro atoms. The molecule has 1 N–H and O–H groups in total. The van der Waals surface area contributed by atoms with Gasteiger partial charge in [-0.2, -0.15) is 4.98 Å². The average Bonchev–Trinajstić information content (AvgIpc) is 3.21. The topological polar surface area (TPSA) is 90.6 Å². The number of rotatable bonds is 6. The van der Waals surface area contributed by atoms with E-state index in [0.717, 1.165) is 28.1 Å². The second kappa shape index (κ2) is 8.66. The predicted molar refractivity (Wildman–Crippen MR) is 122 cm³/mol. The molecule has 0 unspecified atom stereocenters. The molecule has 0 saturated carbocycles. The molecule has 4 aromatic rings. The maximum absolute atomic E-state index is 12.8. The number of methoxy groups -OCH3 is 2. The normalized spacial score (nSPS) is 10.9. The highest BCUT2D eigenvalue weighted by molar-refractivity contribution is 5.94. The Morgan fingerprint density at radius 1 is 1.03 bits per heavy atom. The fraction of sp³-hybridized carbons (Fsp3) is 0.250. The first-order valence-corrected chi connectivity index (χ1v) is 10.2. The van der Waals surface area contributed by atoms with E-state index < -0.39 is 0 Å². The van der Waals surface area contributed by atoms with Crippen molar-refractivity contribution in [1.82, 2.24) is 19.6 Å². The van der Waals surface area contributed by atoms with Gasteiger partial charge in [0.2, 0.25) is 5.91 Å². The summed E-state index contributed by atoms with van der Waals surface area (Å²) >= 11 is 0. The molecule has 0 bridgehead atoms. The molecule has 0 aliphatic rings. The van der Waals surface area contributed by atoms with Crippen LogP contribution in [0.15, 0.2) is 42.5 Å². The Labute approximate surface area is 186 Å². The summed E-state index contributed by atoms with van der Waals surface area (Å²) in [5.41, 5.74) is 5.01. The zero-order valence-corrected chi connectivity index (χ0v) is 18.8. The van der Waals surface area contributed by atoms with Crippen LogP contribution in [0.2, 0.25) is 0 Å². The van der Waals surface area contributed by atoms with E-state index >= 15 is 0 Å². The zero-order chi connectivity index (χ0) is 22.8. The van der Waals surface area contributed by atoms with Crippen molar-refractivity contribution in [3.05, 3.63) is 65.0 Å². The lowest BCUT2D eigenvalue weighted by Gasteiger charge is -2.13. The number of carbonyl (C=O) groups is 1. The van der Waals surface area contributed by atoms with Crippen LogP contribution in [0.1, 0.15) is 22.5 Å². The molecule has 2 aromatic heterocycles. The minimum atomic E-state index is -0.181. The van der Waals surface area contributed by atoms with Crippen LogP contribution in [0, 0.1) is 20.8 Å². The van der Waals surface area contributed by atoms with E-state index in [2.05, 4.69) is 20.4 Å². The highest BCUT2D eigenvalue weighted by Crippen LogP contribution is 2.29. The maximum Gasteiger partial charge on any atom is 0.253 e. The van der Waals surface area contributed by atoms with Gasteiger partial charge < -0.3 is 14.8 Å². The average molecular weight is 431 g/mol. The number of nitrogens with zero attached hydrogens (tertiary/aromatic N) is 4. The van der Waals surface area contributed by atoms with Gasteiger partial charge in [0.25, 0.3) is 5.78 Å². The maximum atomic E-state index is 12.8. The number of fused-ring (bicyclic) bond motifs is 1. The van der Waals surface area contributed by atoms with Gasteiger partial charge in [-0.15, -0.1) is 5.10 Å². The monoisotopic (exact) mass is 431 g/mol. The number of anilines is 1. The number of carbonyl (C=O) groups excluding carboxylic acids is 1. The van der Waals surface area contributed by atoms with Crippen molar-refractivity contribution in [3.8, 4) is 22.9 Å². The number of nitrogens with one attached hydrogen (secondary N) is 1. The third-order valence-corrected chi connectivity index (χ3v) is 5.46. The van der Waals surface area contributed by atoms with Crippen LogP contribution >= 0.6 is 0 Å². The van der Waals surface area contributed by atoms with Crippen LogP contribution in [0.5, 0.6) is 11.5 Å². The smallest absolute Gasteiger partial charge is 0.253 e. The predicted octanol–water partition coefficient (Wildman–Crippen LogP) is 3.91. The Morgan fingerprint density at radius 3 is 2.53 bits per heavy atom. The summed E-state index contributed by atoms with van der Waals surface area (Å²) in [5.74, 6) is 2.12. The fourth-order valence-electron chi connectivity index (χ4n) is 3.66. The summed E-state index contributed by atoms with van der Waals surface area (Å²) in [7, 11) is 3.13. The molecule has 0 fully saturated rings. The molecule has 4 rings (SSSR count). The first kappa shape index (κ1) is 21.3. The number of amides is 1.